The minimum atomic E-state index is 0.861. The van der Waals surface area contributed by atoms with Gasteiger partial charge in [0.25, 0.3) is 0 Å². The van der Waals surface area contributed by atoms with Crippen molar-refractivity contribution in [1.82, 2.24) is 0 Å². The first kappa shape index (κ1) is 19.3. The zero-order chi connectivity index (χ0) is 16.2. The molecule has 0 heteroatoms. The fourth-order valence-corrected chi connectivity index (χ4v) is 2.99. The molecular weight excluding hydrogens is 264 g/mol. The second kappa shape index (κ2) is 11.7. The van der Waals surface area contributed by atoms with Crippen molar-refractivity contribution < 1.29 is 0 Å². The van der Waals surface area contributed by atoms with Gasteiger partial charge in [-0.3, -0.25) is 0 Å². The molecule has 0 spiro atoms. The first-order valence-corrected chi connectivity index (χ1v) is 9.65. The molecule has 0 atom stereocenters. The topological polar surface area (TPSA) is 0 Å². The van der Waals surface area contributed by atoms with E-state index in [-0.39, 0.29) is 0 Å². The summed E-state index contributed by atoms with van der Waals surface area (Å²) < 4.78 is 0. The lowest BCUT2D eigenvalue weighted by Gasteiger charge is -2.07. The Morgan fingerprint density at radius 2 is 0.909 bits per heavy atom. The molecule has 0 nitrogen and oxygen atoms in total. The molecule has 0 saturated carbocycles. The third kappa shape index (κ3) is 10.0. The van der Waals surface area contributed by atoms with Gasteiger partial charge in [0.15, 0.2) is 0 Å². The van der Waals surface area contributed by atoms with Gasteiger partial charge in [-0.2, -0.15) is 0 Å². The summed E-state index contributed by atoms with van der Waals surface area (Å²) in [5.41, 5.74) is 3.04. The fourth-order valence-electron chi connectivity index (χ4n) is 2.99. The number of rotatable bonds is 12. The zero-order valence-corrected chi connectivity index (χ0v) is 15.5. The first-order valence-electron chi connectivity index (χ1n) is 9.65. The van der Waals surface area contributed by atoms with E-state index < -0.39 is 0 Å². The van der Waals surface area contributed by atoms with E-state index in [1.807, 2.05) is 0 Å². The van der Waals surface area contributed by atoms with Gasteiger partial charge in [0.1, 0.15) is 0 Å². The highest BCUT2D eigenvalue weighted by Crippen LogP contribution is 2.14. The van der Waals surface area contributed by atoms with Crippen molar-refractivity contribution in [1.29, 1.82) is 0 Å². The number of benzene rings is 1. The Labute approximate surface area is 139 Å². The molecule has 1 aromatic rings. The van der Waals surface area contributed by atoms with Crippen LogP contribution in [0.3, 0.4) is 0 Å². The Morgan fingerprint density at radius 3 is 1.23 bits per heavy atom. The maximum atomic E-state index is 2.35. The summed E-state index contributed by atoms with van der Waals surface area (Å²) in [6.45, 7) is 9.28. The third-order valence-electron chi connectivity index (χ3n) is 4.52. The summed E-state index contributed by atoms with van der Waals surface area (Å²) in [5.74, 6) is 1.72. The van der Waals surface area contributed by atoms with E-state index in [2.05, 4.69) is 52.0 Å². The van der Waals surface area contributed by atoms with Crippen molar-refractivity contribution >= 4 is 0 Å². The van der Waals surface area contributed by atoms with Crippen molar-refractivity contribution in [2.24, 2.45) is 11.8 Å². The van der Waals surface area contributed by atoms with Crippen molar-refractivity contribution in [2.75, 3.05) is 0 Å². The highest BCUT2D eigenvalue weighted by atomic mass is 14.0. The van der Waals surface area contributed by atoms with E-state index >= 15 is 0 Å². The molecule has 0 aliphatic carbocycles. The standard InChI is InChI=1S/C22H38/c1-19(2)11-7-5-9-13-21-15-17-22(18-16-21)14-10-6-8-12-20(3)4/h15-20H,5-14H2,1-4H3. The summed E-state index contributed by atoms with van der Waals surface area (Å²) in [6.07, 6.45) is 13.5. The van der Waals surface area contributed by atoms with Crippen molar-refractivity contribution in [3.05, 3.63) is 35.4 Å². The highest BCUT2D eigenvalue weighted by molar-refractivity contribution is 5.22. The van der Waals surface area contributed by atoms with Gasteiger partial charge in [0.2, 0.25) is 0 Å². The fraction of sp³-hybridized carbons (Fsp3) is 0.727. The Kier molecular flexibility index (Phi) is 10.3. The molecule has 126 valence electrons. The van der Waals surface area contributed by atoms with Crippen LogP contribution in [0.5, 0.6) is 0 Å². The molecule has 0 bridgehead atoms. The first-order chi connectivity index (χ1) is 10.6. The summed E-state index contributed by atoms with van der Waals surface area (Å²) in [7, 11) is 0. The lowest BCUT2D eigenvalue weighted by Crippen LogP contribution is -1.92. The van der Waals surface area contributed by atoms with E-state index in [0.29, 0.717) is 0 Å². The SMILES string of the molecule is CC(C)CCCCCc1ccc(CCCCCC(C)C)cc1. The van der Waals surface area contributed by atoms with E-state index in [9.17, 15) is 0 Å². The number of hydrogen-bond acceptors (Lipinski definition) is 0. The maximum Gasteiger partial charge on any atom is -0.0279 e. The predicted octanol–water partition coefficient (Wildman–Crippen LogP) is 7.20. The lowest BCUT2D eigenvalue weighted by molar-refractivity contribution is 0.526. The van der Waals surface area contributed by atoms with Crippen LogP contribution in [0.4, 0.5) is 0 Å². The van der Waals surface area contributed by atoms with Crippen LogP contribution in [0.2, 0.25) is 0 Å². The number of unbranched alkanes of at least 4 members (excludes halogenated alkanes) is 4. The molecule has 1 rings (SSSR count). The van der Waals surface area contributed by atoms with Crippen LogP contribution < -0.4 is 0 Å². The van der Waals surface area contributed by atoms with Crippen LogP contribution in [0.15, 0.2) is 24.3 Å². The average Bonchev–Trinajstić information content (AvgIpc) is 2.47. The second-order valence-electron chi connectivity index (χ2n) is 7.80. The Balaban J connectivity index is 2.12. The van der Waals surface area contributed by atoms with Gasteiger partial charge in [-0.15, -0.1) is 0 Å². The Bertz CT molecular complexity index is 321. The molecule has 0 aliphatic heterocycles. The predicted molar refractivity (Wildman–Crippen MR) is 100 cm³/mol. The molecule has 22 heavy (non-hydrogen) atoms. The van der Waals surface area contributed by atoms with Gasteiger partial charge < -0.3 is 0 Å². The molecule has 0 N–H and O–H groups in total. The quantitative estimate of drug-likeness (QED) is 0.358. The normalized spacial score (nSPS) is 11.5. The maximum absolute atomic E-state index is 2.35. The minimum absolute atomic E-state index is 0.861. The molecule has 0 heterocycles. The van der Waals surface area contributed by atoms with Crippen molar-refractivity contribution in [3.8, 4) is 0 Å². The van der Waals surface area contributed by atoms with Gasteiger partial charge >= 0.3 is 0 Å². The Morgan fingerprint density at radius 1 is 0.545 bits per heavy atom. The van der Waals surface area contributed by atoms with Crippen LogP contribution in [0, 0.1) is 11.8 Å². The molecular formula is C22H38. The largest absolute Gasteiger partial charge is 0.0628 e. The van der Waals surface area contributed by atoms with Crippen molar-refractivity contribution in [3.63, 3.8) is 0 Å². The van der Waals surface area contributed by atoms with Crippen LogP contribution in [-0.2, 0) is 12.8 Å². The zero-order valence-electron chi connectivity index (χ0n) is 15.5. The third-order valence-corrected chi connectivity index (χ3v) is 4.52. The average molecular weight is 303 g/mol. The molecule has 0 fully saturated rings. The van der Waals surface area contributed by atoms with Gasteiger partial charge in [0.05, 0.1) is 0 Å². The molecule has 1 aromatic carbocycles. The summed E-state index contributed by atoms with van der Waals surface area (Å²) in [5, 5.41) is 0. The van der Waals surface area contributed by atoms with E-state index in [1.54, 1.807) is 0 Å². The van der Waals surface area contributed by atoms with E-state index in [1.165, 1.54) is 75.3 Å². The molecule has 0 amide bonds. The Hall–Kier alpha value is -0.780. The monoisotopic (exact) mass is 302 g/mol. The van der Waals surface area contributed by atoms with Crippen LogP contribution >= 0.6 is 0 Å². The molecule has 0 aliphatic rings. The second-order valence-corrected chi connectivity index (χ2v) is 7.80. The number of hydrogen-bond donors (Lipinski definition) is 0. The van der Waals surface area contributed by atoms with Gasteiger partial charge in [-0.05, 0) is 48.6 Å². The van der Waals surface area contributed by atoms with Gasteiger partial charge in [0, 0.05) is 0 Å². The molecule has 0 aromatic heterocycles. The smallest absolute Gasteiger partial charge is 0.0279 e. The van der Waals surface area contributed by atoms with Gasteiger partial charge in [-0.1, -0.05) is 90.5 Å². The lowest BCUT2D eigenvalue weighted by atomic mass is 9.99. The summed E-state index contributed by atoms with van der Waals surface area (Å²) in [4.78, 5) is 0. The summed E-state index contributed by atoms with van der Waals surface area (Å²) >= 11 is 0. The molecule has 0 saturated heterocycles. The van der Waals surface area contributed by atoms with Crippen LogP contribution in [-0.4, -0.2) is 0 Å². The highest BCUT2D eigenvalue weighted by Gasteiger charge is 1.99. The van der Waals surface area contributed by atoms with E-state index in [4.69, 9.17) is 0 Å². The minimum Gasteiger partial charge on any atom is -0.0628 e. The van der Waals surface area contributed by atoms with Gasteiger partial charge in [-0.25, -0.2) is 0 Å². The molecule has 0 radical (unpaired) electrons. The van der Waals surface area contributed by atoms with Crippen LogP contribution in [0.1, 0.15) is 90.2 Å². The van der Waals surface area contributed by atoms with E-state index in [0.717, 1.165) is 11.8 Å². The number of aryl methyl sites for hydroxylation is 2. The molecule has 0 unspecified atom stereocenters. The summed E-state index contributed by atoms with van der Waals surface area (Å²) in [6, 6.07) is 9.41. The van der Waals surface area contributed by atoms with Crippen molar-refractivity contribution in [2.45, 2.75) is 91.9 Å². The van der Waals surface area contributed by atoms with Crippen LogP contribution in [0.25, 0.3) is 0 Å².